The van der Waals surface area contributed by atoms with Crippen LogP contribution in [0.2, 0.25) is 0 Å². The molecule has 1 aromatic rings. The molecule has 3 nitrogen and oxygen atoms in total. The van der Waals surface area contributed by atoms with Crippen molar-refractivity contribution in [3.05, 3.63) is 29.8 Å². The van der Waals surface area contributed by atoms with Crippen molar-refractivity contribution in [2.75, 3.05) is 6.54 Å². The van der Waals surface area contributed by atoms with E-state index < -0.39 is 20.2 Å². The topological polar surface area (TPSA) is 60.2 Å². The van der Waals surface area contributed by atoms with Gasteiger partial charge < -0.3 is 5.73 Å². The molecule has 7 heteroatoms. The molecule has 0 saturated heterocycles. The molecule has 0 aliphatic heterocycles. The van der Waals surface area contributed by atoms with E-state index in [9.17, 15) is 21.6 Å². The second-order valence-electron chi connectivity index (χ2n) is 3.14. The molecule has 0 saturated carbocycles. The summed E-state index contributed by atoms with van der Waals surface area (Å²) in [6.07, 6.45) is 0.335. The highest BCUT2D eigenvalue weighted by Gasteiger charge is 2.46. The van der Waals surface area contributed by atoms with Crippen molar-refractivity contribution >= 4 is 9.84 Å². The van der Waals surface area contributed by atoms with Gasteiger partial charge in [0.1, 0.15) is 0 Å². The Kier molecular flexibility index (Phi) is 3.59. The molecule has 0 aliphatic rings. The highest BCUT2D eigenvalue weighted by atomic mass is 32.2. The van der Waals surface area contributed by atoms with Crippen LogP contribution in [0.15, 0.2) is 29.2 Å². The van der Waals surface area contributed by atoms with Crippen molar-refractivity contribution in [1.82, 2.24) is 0 Å². The maximum atomic E-state index is 12.2. The molecular formula is C9H10F3NO2S. The summed E-state index contributed by atoms with van der Waals surface area (Å²) in [7, 11) is -5.26. The summed E-state index contributed by atoms with van der Waals surface area (Å²) in [5, 5.41) is 0. The smallest absolute Gasteiger partial charge is 0.330 e. The van der Waals surface area contributed by atoms with Crippen LogP contribution in [0.3, 0.4) is 0 Å². The first-order valence-electron chi connectivity index (χ1n) is 4.39. The van der Waals surface area contributed by atoms with Crippen LogP contribution in [0.1, 0.15) is 5.56 Å². The minimum Gasteiger partial charge on any atom is -0.330 e. The summed E-state index contributed by atoms with van der Waals surface area (Å²) < 4.78 is 58.8. The minimum atomic E-state index is -5.27. The molecule has 16 heavy (non-hydrogen) atoms. The van der Waals surface area contributed by atoms with Gasteiger partial charge in [0.15, 0.2) is 0 Å². The predicted molar refractivity (Wildman–Crippen MR) is 52.4 cm³/mol. The van der Waals surface area contributed by atoms with E-state index in [4.69, 9.17) is 5.73 Å². The zero-order valence-corrected chi connectivity index (χ0v) is 8.98. The number of halogens is 3. The Labute approximate surface area is 91.0 Å². The van der Waals surface area contributed by atoms with E-state index in [1.54, 1.807) is 0 Å². The maximum Gasteiger partial charge on any atom is 0.501 e. The van der Waals surface area contributed by atoms with E-state index in [0.717, 1.165) is 12.1 Å². The Morgan fingerprint density at radius 3 is 2.38 bits per heavy atom. The van der Waals surface area contributed by atoms with Gasteiger partial charge in [-0.3, -0.25) is 0 Å². The Morgan fingerprint density at radius 2 is 1.88 bits per heavy atom. The average molecular weight is 253 g/mol. The van der Waals surface area contributed by atoms with Crippen LogP contribution in [0, 0.1) is 0 Å². The van der Waals surface area contributed by atoms with Crippen molar-refractivity contribution in [3.63, 3.8) is 0 Å². The Hall–Kier alpha value is -1.08. The molecule has 0 bridgehead atoms. The summed E-state index contributed by atoms with van der Waals surface area (Å²) in [6, 6.07) is 4.71. The van der Waals surface area contributed by atoms with Gasteiger partial charge in [0.05, 0.1) is 4.90 Å². The van der Waals surface area contributed by atoms with Gasteiger partial charge in [0, 0.05) is 0 Å². The maximum absolute atomic E-state index is 12.2. The molecule has 0 fully saturated rings. The molecule has 2 N–H and O–H groups in total. The van der Waals surface area contributed by atoms with E-state index in [2.05, 4.69) is 0 Å². The van der Waals surface area contributed by atoms with Gasteiger partial charge in [-0.25, -0.2) is 8.42 Å². The molecule has 90 valence electrons. The van der Waals surface area contributed by atoms with Crippen LogP contribution < -0.4 is 5.73 Å². The van der Waals surface area contributed by atoms with Crippen LogP contribution in [0.25, 0.3) is 0 Å². The molecule has 1 rings (SSSR count). The number of hydrogen-bond acceptors (Lipinski definition) is 3. The van der Waals surface area contributed by atoms with Crippen LogP contribution in [-0.2, 0) is 16.3 Å². The number of alkyl halides is 3. The molecule has 1 aromatic carbocycles. The van der Waals surface area contributed by atoms with Crippen molar-refractivity contribution in [2.45, 2.75) is 16.8 Å². The third kappa shape index (κ3) is 2.53. The lowest BCUT2D eigenvalue weighted by atomic mass is 10.2. The third-order valence-corrected chi connectivity index (χ3v) is 3.43. The number of hydrogen-bond donors (Lipinski definition) is 1. The molecule has 0 radical (unpaired) electrons. The standard InChI is InChI=1S/C9H10F3NO2S/c10-9(11,12)16(14,15)8-3-1-2-7(6-8)4-5-13/h1-3,6H,4-5,13H2. The van der Waals surface area contributed by atoms with E-state index in [1.165, 1.54) is 12.1 Å². The summed E-state index contributed by atoms with van der Waals surface area (Å²) >= 11 is 0. The second kappa shape index (κ2) is 4.42. The molecule has 0 spiro atoms. The van der Waals surface area contributed by atoms with Gasteiger partial charge in [-0.05, 0) is 30.7 Å². The first-order valence-corrected chi connectivity index (χ1v) is 5.87. The first kappa shape index (κ1) is 13.0. The zero-order chi connectivity index (χ0) is 12.4. The number of sulfone groups is 1. The fourth-order valence-corrected chi connectivity index (χ4v) is 2.00. The predicted octanol–water partition coefficient (Wildman–Crippen LogP) is 1.48. The number of nitrogens with two attached hydrogens (primary N) is 1. The molecule has 0 aromatic heterocycles. The number of rotatable bonds is 3. The number of benzene rings is 1. The lowest BCUT2D eigenvalue weighted by Crippen LogP contribution is -2.23. The van der Waals surface area contributed by atoms with Gasteiger partial charge in [-0.1, -0.05) is 12.1 Å². The first-order chi connectivity index (χ1) is 7.29. The van der Waals surface area contributed by atoms with E-state index >= 15 is 0 Å². The van der Waals surface area contributed by atoms with E-state index in [0.29, 0.717) is 12.0 Å². The molecular weight excluding hydrogens is 243 g/mol. The fourth-order valence-electron chi connectivity index (χ4n) is 1.17. The van der Waals surface area contributed by atoms with Crippen LogP contribution >= 0.6 is 0 Å². The molecule has 0 aliphatic carbocycles. The van der Waals surface area contributed by atoms with Crippen molar-refractivity contribution in [3.8, 4) is 0 Å². The lowest BCUT2D eigenvalue weighted by molar-refractivity contribution is -0.0436. The SMILES string of the molecule is NCCc1cccc(S(=O)(=O)C(F)(F)F)c1. The normalized spacial score (nSPS) is 12.8. The average Bonchev–Trinajstić information content (AvgIpc) is 2.17. The third-order valence-electron chi connectivity index (χ3n) is 1.95. The molecule has 0 amide bonds. The Balaban J connectivity index is 3.20. The van der Waals surface area contributed by atoms with E-state index in [-0.39, 0.29) is 6.54 Å². The summed E-state index contributed by atoms with van der Waals surface area (Å²) in [6.45, 7) is 0.246. The van der Waals surface area contributed by atoms with E-state index in [1.807, 2.05) is 0 Å². The van der Waals surface area contributed by atoms with Gasteiger partial charge in [-0.2, -0.15) is 13.2 Å². The Bertz CT molecular complexity index is 468. The largest absolute Gasteiger partial charge is 0.501 e. The van der Waals surface area contributed by atoms with Crippen molar-refractivity contribution < 1.29 is 21.6 Å². The monoisotopic (exact) mass is 253 g/mol. The highest BCUT2D eigenvalue weighted by Crippen LogP contribution is 2.30. The lowest BCUT2D eigenvalue weighted by Gasteiger charge is -2.09. The quantitative estimate of drug-likeness (QED) is 0.887. The summed E-state index contributed by atoms with van der Waals surface area (Å²) in [4.78, 5) is -0.744. The molecule has 0 heterocycles. The van der Waals surface area contributed by atoms with Gasteiger partial charge >= 0.3 is 5.51 Å². The summed E-state index contributed by atoms with van der Waals surface area (Å²) in [5.74, 6) is 0. The zero-order valence-electron chi connectivity index (χ0n) is 8.16. The fraction of sp³-hybridized carbons (Fsp3) is 0.333. The van der Waals surface area contributed by atoms with Crippen LogP contribution in [-0.4, -0.2) is 20.5 Å². The van der Waals surface area contributed by atoms with Gasteiger partial charge in [0.25, 0.3) is 9.84 Å². The van der Waals surface area contributed by atoms with Crippen LogP contribution in [0.5, 0.6) is 0 Å². The van der Waals surface area contributed by atoms with Crippen molar-refractivity contribution in [2.24, 2.45) is 5.73 Å². The summed E-state index contributed by atoms with van der Waals surface area (Å²) in [5.41, 5.74) is 0.430. The van der Waals surface area contributed by atoms with Gasteiger partial charge in [-0.15, -0.1) is 0 Å². The van der Waals surface area contributed by atoms with Gasteiger partial charge in [0.2, 0.25) is 0 Å². The Morgan fingerprint density at radius 1 is 1.25 bits per heavy atom. The van der Waals surface area contributed by atoms with Crippen molar-refractivity contribution in [1.29, 1.82) is 0 Å². The van der Waals surface area contributed by atoms with Crippen LogP contribution in [0.4, 0.5) is 13.2 Å². The minimum absolute atomic E-state index is 0.246. The highest BCUT2D eigenvalue weighted by molar-refractivity contribution is 7.92. The second-order valence-corrected chi connectivity index (χ2v) is 5.08. The molecule has 0 atom stereocenters. The molecule has 0 unspecified atom stereocenters.